The summed E-state index contributed by atoms with van der Waals surface area (Å²) in [5, 5.41) is 5.86. The molecule has 1 aliphatic heterocycles. The van der Waals surface area contributed by atoms with Gasteiger partial charge in [-0.05, 0) is 48.6 Å². The molecule has 1 saturated carbocycles. The summed E-state index contributed by atoms with van der Waals surface area (Å²) in [5.74, 6) is -0.377. The van der Waals surface area contributed by atoms with Crippen LogP contribution in [0.15, 0.2) is 48.5 Å². The maximum absolute atomic E-state index is 13.9. The van der Waals surface area contributed by atoms with Gasteiger partial charge in [0.1, 0.15) is 0 Å². The molecule has 3 amide bonds. The highest BCUT2D eigenvalue weighted by atomic mass is 16.2. The summed E-state index contributed by atoms with van der Waals surface area (Å²) in [7, 11) is 0. The highest BCUT2D eigenvalue weighted by Gasteiger charge is 2.54. The van der Waals surface area contributed by atoms with Crippen molar-refractivity contribution < 1.29 is 14.4 Å². The Labute approximate surface area is 195 Å². The van der Waals surface area contributed by atoms with Crippen LogP contribution in [0.2, 0.25) is 0 Å². The van der Waals surface area contributed by atoms with Gasteiger partial charge in [-0.1, -0.05) is 57.4 Å². The molecule has 2 N–H and O–H groups in total. The second-order valence-corrected chi connectivity index (χ2v) is 9.75. The third kappa shape index (κ3) is 4.52. The quantitative estimate of drug-likeness (QED) is 0.663. The molecule has 1 spiro atoms. The molecule has 1 atom stereocenters. The summed E-state index contributed by atoms with van der Waals surface area (Å²) in [4.78, 5) is 41.1. The molecule has 2 aliphatic rings. The van der Waals surface area contributed by atoms with E-state index in [0.717, 1.165) is 37.7 Å². The van der Waals surface area contributed by atoms with E-state index in [0.29, 0.717) is 29.4 Å². The van der Waals surface area contributed by atoms with E-state index in [9.17, 15) is 14.4 Å². The van der Waals surface area contributed by atoms with Crippen LogP contribution < -0.4 is 10.6 Å². The van der Waals surface area contributed by atoms with Crippen molar-refractivity contribution in [3.63, 3.8) is 0 Å². The van der Waals surface area contributed by atoms with Crippen LogP contribution in [0.1, 0.15) is 74.7 Å². The first-order chi connectivity index (χ1) is 15.8. The van der Waals surface area contributed by atoms with Crippen LogP contribution in [0.25, 0.3) is 0 Å². The van der Waals surface area contributed by atoms with Gasteiger partial charge in [-0.15, -0.1) is 0 Å². The van der Waals surface area contributed by atoms with Crippen LogP contribution in [-0.4, -0.2) is 34.7 Å². The predicted octanol–water partition coefficient (Wildman–Crippen LogP) is 5.18. The van der Waals surface area contributed by atoms with Gasteiger partial charge in [0, 0.05) is 30.4 Å². The number of fused-ring (bicyclic) bond motifs is 1. The van der Waals surface area contributed by atoms with E-state index >= 15 is 0 Å². The number of carbonyl (C=O) groups excluding carboxylic acids is 3. The molecule has 0 saturated heterocycles. The fourth-order valence-corrected chi connectivity index (χ4v) is 5.57. The predicted molar refractivity (Wildman–Crippen MR) is 130 cm³/mol. The summed E-state index contributed by atoms with van der Waals surface area (Å²) in [6.45, 7) is 6.33. The maximum atomic E-state index is 13.9. The zero-order chi connectivity index (χ0) is 23.6. The molecule has 1 aliphatic carbocycles. The number of anilines is 2. The van der Waals surface area contributed by atoms with Gasteiger partial charge in [-0.25, -0.2) is 0 Å². The van der Waals surface area contributed by atoms with Gasteiger partial charge in [-0.2, -0.15) is 0 Å². The molecule has 0 bridgehead atoms. The Morgan fingerprint density at radius 1 is 1.00 bits per heavy atom. The minimum Gasteiger partial charge on any atom is -0.332 e. The van der Waals surface area contributed by atoms with Gasteiger partial charge >= 0.3 is 0 Å². The van der Waals surface area contributed by atoms with Crippen molar-refractivity contribution in [3.8, 4) is 0 Å². The molecule has 174 valence electrons. The van der Waals surface area contributed by atoms with Crippen LogP contribution in [0, 0.1) is 5.92 Å². The highest BCUT2D eigenvalue weighted by Crippen LogP contribution is 2.49. The van der Waals surface area contributed by atoms with Crippen molar-refractivity contribution in [2.75, 3.05) is 17.2 Å². The summed E-state index contributed by atoms with van der Waals surface area (Å²) < 4.78 is 0. The van der Waals surface area contributed by atoms with E-state index in [1.807, 2.05) is 35.2 Å². The molecule has 1 unspecified atom stereocenters. The number of rotatable bonds is 5. The lowest BCUT2D eigenvalue weighted by Gasteiger charge is -2.54. The minimum atomic E-state index is -0.521. The number of carbonyl (C=O) groups is 3. The SMILES string of the molecule is CC(=O)Nc1cccc(NC(=O)C2c3ccccc3C(=O)N(CC(C)C)C23CCCCC3)c1. The van der Waals surface area contributed by atoms with Gasteiger partial charge in [0.2, 0.25) is 11.8 Å². The Morgan fingerprint density at radius 3 is 2.33 bits per heavy atom. The minimum absolute atomic E-state index is 0.0397. The first kappa shape index (κ1) is 23.0. The lowest BCUT2D eigenvalue weighted by molar-refractivity contribution is -0.122. The van der Waals surface area contributed by atoms with Crippen molar-refractivity contribution in [2.24, 2.45) is 5.92 Å². The molecular weight excluding hydrogens is 414 g/mol. The zero-order valence-electron chi connectivity index (χ0n) is 19.7. The molecule has 6 heteroatoms. The fraction of sp³-hybridized carbons (Fsp3) is 0.444. The van der Waals surface area contributed by atoms with Gasteiger partial charge < -0.3 is 15.5 Å². The van der Waals surface area contributed by atoms with Crippen molar-refractivity contribution in [1.29, 1.82) is 0 Å². The summed E-state index contributed by atoms with van der Waals surface area (Å²) in [6, 6.07) is 14.8. The average molecular weight is 448 g/mol. The standard InChI is InChI=1S/C27H33N3O3/c1-18(2)17-30-26(33)23-13-6-5-12-22(23)24(27(30)14-7-4-8-15-27)25(32)29-21-11-9-10-20(16-21)28-19(3)31/h5-6,9-13,16,18,24H,4,7-8,14-15,17H2,1-3H3,(H,28,31)(H,29,32). The maximum Gasteiger partial charge on any atom is 0.254 e. The molecule has 4 rings (SSSR count). The van der Waals surface area contributed by atoms with Crippen molar-refractivity contribution in [2.45, 2.75) is 64.3 Å². The van der Waals surface area contributed by atoms with E-state index in [4.69, 9.17) is 0 Å². The van der Waals surface area contributed by atoms with Gasteiger partial charge in [0.25, 0.3) is 5.91 Å². The molecule has 33 heavy (non-hydrogen) atoms. The number of nitrogens with zero attached hydrogens (tertiary/aromatic N) is 1. The van der Waals surface area contributed by atoms with E-state index < -0.39 is 11.5 Å². The van der Waals surface area contributed by atoms with E-state index in [-0.39, 0.29) is 17.7 Å². The van der Waals surface area contributed by atoms with Crippen molar-refractivity contribution in [1.82, 2.24) is 4.90 Å². The lowest BCUT2D eigenvalue weighted by Crippen LogP contribution is -2.62. The number of amides is 3. The molecular formula is C27H33N3O3. The molecule has 1 fully saturated rings. The van der Waals surface area contributed by atoms with Crippen LogP contribution in [0.5, 0.6) is 0 Å². The lowest BCUT2D eigenvalue weighted by atomic mass is 9.65. The molecule has 2 aromatic carbocycles. The molecule has 6 nitrogen and oxygen atoms in total. The van der Waals surface area contributed by atoms with Crippen LogP contribution in [0.4, 0.5) is 11.4 Å². The van der Waals surface area contributed by atoms with Crippen LogP contribution in [-0.2, 0) is 9.59 Å². The molecule has 1 heterocycles. The molecule has 2 aromatic rings. The molecule has 0 aromatic heterocycles. The summed E-state index contributed by atoms with van der Waals surface area (Å²) in [6.07, 6.45) is 4.78. The Morgan fingerprint density at radius 2 is 1.67 bits per heavy atom. The summed E-state index contributed by atoms with van der Waals surface area (Å²) >= 11 is 0. The van der Waals surface area contributed by atoms with Crippen LogP contribution in [0.3, 0.4) is 0 Å². The Hall–Kier alpha value is -3.15. The van der Waals surface area contributed by atoms with Gasteiger partial charge in [0.05, 0.1) is 11.5 Å². The van der Waals surface area contributed by atoms with Crippen molar-refractivity contribution in [3.05, 3.63) is 59.7 Å². The number of benzene rings is 2. The van der Waals surface area contributed by atoms with Crippen molar-refractivity contribution >= 4 is 29.1 Å². The highest BCUT2D eigenvalue weighted by molar-refractivity contribution is 6.05. The fourth-order valence-electron chi connectivity index (χ4n) is 5.57. The second kappa shape index (κ2) is 9.38. The largest absolute Gasteiger partial charge is 0.332 e. The third-order valence-electron chi connectivity index (χ3n) is 6.80. The van der Waals surface area contributed by atoms with Gasteiger partial charge in [-0.3, -0.25) is 14.4 Å². The number of hydrogen-bond donors (Lipinski definition) is 2. The first-order valence-corrected chi connectivity index (χ1v) is 11.9. The first-order valence-electron chi connectivity index (χ1n) is 11.9. The monoisotopic (exact) mass is 447 g/mol. The zero-order valence-corrected chi connectivity index (χ0v) is 19.7. The Bertz CT molecular complexity index is 1060. The van der Waals surface area contributed by atoms with Gasteiger partial charge in [0.15, 0.2) is 0 Å². The number of nitrogens with one attached hydrogen (secondary N) is 2. The number of hydrogen-bond acceptors (Lipinski definition) is 3. The van der Waals surface area contributed by atoms with E-state index in [1.165, 1.54) is 6.92 Å². The third-order valence-corrected chi connectivity index (χ3v) is 6.80. The average Bonchev–Trinajstić information content (AvgIpc) is 2.77. The second-order valence-electron chi connectivity index (χ2n) is 9.75. The topological polar surface area (TPSA) is 78.5 Å². The van der Waals surface area contributed by atoms with E-state index in [1.54, 1.807) is 18.2 Å². The van der Waals surface area contributed by atoms with Crippen LogP contribution >= 0.6 is 0 Å². The summed E-state index contributed by atoms with van der Waals surface area (Å²) in [5.41, 5.74) is 2.18. The normalized spacial score (nSPS) is 19.3. The smallest absolute Gasteiger partial charge is 0.254 e. The Balaban J connectivity index is 1.76. The van der Waals surface area contributed by atoms with E-state index in [2.05, 4.69) is 24.5 Å². The Kier molecular flexibility index (Phi) is 6.54. The molecule has 0 radical (unpaired) electrons.